The smallest absolute Gasteiger partial charge is 0.744 e. The number of hydrogen-bond donors (Lipinski definition) is 0. The molecule has 0 atom stereocenters. The average molecular weight is 239 g/mol. The Kier molecular flexibility index (Phi) is 4.88. The molecule has 15 heavy (non-hydrogen) atoms. The van der Waals surface area contributed by atoms with Crippen LogP contribution in [0.25, 0.3) is 0 Å². The van der Waals surface area contributed by atoms with E-state index in [2.05, 4.69) is 0 Å². The number of nitrogens with zero attached hydrogens (tertiary/aromatic N) is 1. The molecule has 1 aromatic carbocycles. The summed E-state index contributed by atoms with van der Waals surface area (Å²) in [5, 5.41) is 10.4. The Morgan fingerprint density at radius 2 is 1.87 bits per heavy atom. The minimum atomic E-state index is -4.63. The molecule has 76 valence electrons. The first-order valence-electron chi connectivity index (χ1n) is 3.53. The van der Waals surface area contributed by atoms with Gasteiger partial charge in [0.1, 0.15) is 10.1 Å². The van der Waals surface area contributed by atoms with Crippen LogP contribution in [0.2, 0.25) is 0 Å². The summed E-state index contributed by atoms with van der Waals surface area (Å²) in [6.45, 7) is 1.46. The summed E-state index contributed by atoms with van der Waals surface area (Å²) in [6, 6.07) is 3.03. The van der Waals surface area contributed by atoms with E-state index in [4.69, 9.17) is 0 Å². The molecule has 0 spiro atoms. The number of benzene rings is 1. The second-order valence-corrected chi connectivity index (χ2v) is 4.04. The van der Waals surface area contributed by atoms with Crippen LogP contribution in [-0.4, -0.2) is 17.9 Å². The van der Waals surface area contributed by atoms with Crippen molar-refractivity contribution in [3.63, 3.8) is 0 Å². The van der Waals surface area contributed by atoms with Gasteiger partial charge in [0.15, 0.2) is 0 Å². The van der Waals surface area contributed by atoms with Gasteiger partial charge in [-0.3, -0.25) is 10.1 Å². The van der Waals surface area contributed by atoms with Crippen molar-refractivity contribution in [2.45, 2.75) is 11.8 Å². The first kappa shape index (κ1) is 14.5. The minimum absolute atomic E-state index is 0. The standard InChI is InChI=1S/C7H7NO5S.Na/c1-5-2-3-6(14(11,12)13)4-7(5)8(9)10;/h2-4H,1H3,(H,11,12,13);/q;+1/p-1. The third kappa shape index (κ3) is 3.54. The number of nitro benzene ring substituents is 1. The molecule has 0 bridgehead atoms. The quantitative estimate of drug-likeness (QED) is 0.252. The van der Waals surface area contributed by atoms with Crippen LogP contribution < -0.4 is 29.6 Å². The zero-order valence-corrected chi connectivity index (χ0v) is 10.9. The van der Waals surface area contributed by atoms with Crippen LogP contribution in [0.15, 0.2) is 23.1 Å². The van der Waals surface area contributed by atoms with Crippen LogP contribution >= 0.6 is 0 Å². The molecule has 1 aromatic rings. The van der Waals surface area contributed by atoms with E-state index in [0.717, 1.165) is 12.1 Å². The predicted octanol–water partition coefficient (Wildman–Crippen LogP) is -2.19. The predicted molar refractivity (Wildman–Crippen MR) is 45.8 cm³/mol. The van der Waals surface area contributed by atoms with E-state index in [1.54, 1.807) is 0 Å². The topological polar surface area (TPSA) is 100 Å². The molecule has 0 N–H and O–H groups in total. The fraction of sp³-hybridized carbons (Fsp3) is 0.143. The van der Waals surface area contributed by atoms with E-state index in [9.17, 15) is 23.1 Å². The summed E-state index contributed by atoms with van der Waals surface area (Å²) in [4.78, 5) is 9.09. The van der Waals surface area contributed by atoms with Crippen LogP contribution in [0.3, 0.4) is 0 Å². The molecule has 1 rings (SSSR count). The van der Waals surface area contributed by atoms with Crippen molar-refractivity contribution in [3.05, 3.63) is 33.9 Å². The number of aryl methyl sites for hydroxylation is 1. The number of hydrogen-bond acceptors (Lipinski definition) is 5. The summed E-state index contributed by atoms with van der Waals surface area (Å²) in [5.74, 6) is 0. The fourth-order valence-electron chi connectivity index (χ4n) is 0.941. The van der Waals surface area contributed by atoms with Gasteiger partial charge in [-0.15, -0.1) is 0 Å². The minimum Gasteiger partial charge on any atom is -0.744 e. The van der Waals surface area contributed by atoms with Crippen LogP contribution in [0.4, 0.5) is 5.69 Å². The summed E-state index contributed by atoms with van der Waals surface area (Å²) >= 11 is 0. The van der Waals surface area contributed by atoms with E-state index in [1.807, 2.05) is 0 Å². The SMILES string of the molecule is Cc1ccc(S(=O)(=O)[O-])cc1[N+](=O)[O-].[Na+]. The molecular formula is C7H6NNaO5S. The van der Waals surface area contributed by atoms with Gasteiger partial charge in [0, 0.05) is 11.6 Å². The van der Waals surface area contributed by atoms with Gasteiger partial charge < -0.3 is 4.55 Å². The van der Waals surface area contributed by atoms with Crippen molar-refractivity contribution in [1.29, 1.82) is 0 Å². The summed E-state index contributed by atoms with van der Waals surface area (Å²) in [7, 11) is -4.63. The molecule has 0 aliphatic heterocycles. The van der Waals surface area contributed by atoms with Gasteiger partial charge in [-0.25, -0.2) is 8.42 Å². The molecule has 0 heterocycles. The Labute approximate surface area is 108 Å². The zero-order chi connectivity index (χ0) is 10.9. The van der Waals surface area contributed by atoms with Crippen molar-refractivity contribution in [3.8, 4) is 0 Å². The van der Waals surface area contributed by atoms with Gasteiger partial charge in [0.25, 0.3) is 5.69 Å². The van der Waals surface area contributed by atoms with Crippen LogP contribution in [0.5, 0.6) is 0 Å². The van der Waals surface area contributed by atoms with E-state index in [-0.39, 0.29) is 35.2 Å². The van der Waals surface area contributed by atoms with Crippen molar-refractivity contribution in [1.82, 2.24) is 0 Å². The number of rotatable bonds is 2. The van der Waals surface area contributed by atoms with Gasteiger partial charge in [-0.1, -0.05) is 6.07 Å². The van der Waals surface area contributed by atoms with Gasteiger partial charge in [-0.05, 0) is 13.0 Å². The normalized spacial score (nSPS) is 10.5. The van der Waals surface area contributed by atoms with Crippen molar-refractivity contribution >= 4 is 15.8 Å². The van der Waals surface area contributed by atoms with Crippen molar-refractivity contribution in [2.24, 2.45) is 0 Å². The molecule has 0 aliphatic carbocycles. The Balaban J connectivity index is 0.00000196. The van der Waals surface area contributed by atoms with E-state index in [1.165, 1.54) is 13.0 Å². The van der Waals surface area contributed by atoms with Gasteiger partial charge in [-0.2, -0.15) is 0 Å². The molecule has 0 radical (unpaired) electrons. The fourth-order valence-corrected chi connectivity index (χ4v) is 1.43. The zero-order valence-electron chi connectivity index (χ0n) is 8.13. The van der Waals surface area contributed by atoms with E-state index in [0.29, 0.717) is 5.56 Å². The monoisotopic (exact) mass is 239 g/mol. The molecule has 0 saturated heterocycles. The van der Waals surface area contributed by atoms with Gasteiger partial charge in [0.05, 0.1) is 9.82 Å². The van der Waals surface area contributed by atoms with Gasteiger partial charge in [0.2, 0.25) is 0 Å². The average Bonchev–Trinajstić information content (AvgIpc) is 2.02. The Morgan fingerprint density at radius 1 is 1.33 bits per heavy atom. The molecule has 0 aliphatic rings. The molecule has 6 nitrogen and oxygen atoms in total. The van der Waals surface area contributed by atoms with Crippen LogP contribution in [0.1, 0.15) is 5.56 Å². The second-order valence-electron chi connectivity index (χ2n) is 2.66. The van der Waals surface area contributed by atoms with Crippen molar-refractivity contribution in [2.75, 3.05) is 0 Å². The third-order valence-corrected chi connectivity index (χ3v) is 2.50. The van der Waals surface area contributed by atoms with Gasteiger partial charge >= 0.3 is 29.6 Å². The molecule has 0 fully saturated rings. The van der Waals surface area contributed by atoms with Crippen LogP contribution in [0, 0.1) is 17.0 Å². The molecular weight excluding hydrogens is 233 g/mol. The summed E-state index contributed by atoms with van der Waals surface area (Å²) in [6.07, 6.45) is 0. The molecule has 0 amide bonds. The largest absolute Gasteiger partial charge is 1.00 e. The maximum Gasteiger partial charge on any atom is 1.00 e. The molecule has 0 saturated carbocycles. The Morgan fingerprint density at radius 3 is 2.27 bits per heavy atom. The Bertz CT molecular complexity index is 484. The maximum atomic E-state index is 10.5. The molecule has 0 unspecified atom stereocenters. The Hall–Kier alpha value is -0.470. The number of nitro groups is 1. The summed E-state index contributed by atoms with van der Waals surface area (Å²) < 4.78 is 31.6. The molecule has 0 aromatic heterocycles. The first-order chi connectivity index (χ1) is 6.32. The van der Waals surface area contributed by atoms with E-state index >= 15 is 0 Å². The third-order valence-electron chi connectivity index (χ3n) is 1.67. The summed E-state index contributed by atoms with van der Waals surface area (Å²) in [5.41, 5.74) is -0.0654. The second kappa shape index (κ2) is 5.04. The van der Waals surface area contributed by atoms with E-state index < -0.39 is 19.9 Å². The first-order valence-corrected chi connectivity index (χ1v) is 4.94. The maximum absolute atomic E-state index is 10.5. The molecule has 8 heteroatoms. The van der Waals surface area contributed by atoms with Crippen molar-refractivity contribution < 1.29 is 47.5 Å². The van der Waals surface area contributed by atoms with Crippen LogP contribution in [-0.2, 0) is 10.1 Å².